The molecule has 0 N–H and O–H groups in total. The summed E-state index contributed by atoms with van der Waals surface area (Å²) >= 11 is 3.56. The molecule has 0 aliphatic rings. The van der Waals surface area contributed by atoms with E-state index >= 15 is 0 Å². The number of halogens is 1. The summed E-state index contributed by atoms with van der Waals surface area (Å²) in [5.41, 5.74) is 0. The number of hydrogen-bond donors (Lipinski definition) is 0. The van der Waals surface area contributed by atoms with E-state index in [4.69, 9.17) is 4.43 Å². The van der Waals surface area contributed by atoms with Crippen LogP contribution in [0.1, 0.15) is 47.0 Å². The topological polar surface area (TPSA) is 9.23 Å². The molecular formula is C14H27BrOSi. The van der Waals surface area contributed by atoms with Crippen LogP contribution in [0, 0.1) is 11.8 Å². The lowest BCUT2D eigenvalue weighted by Crippen LogP contribution is -2.40. The Hall–Kier alpha value is 0.217. The van der Waals surface area contributed by atoms with Gasteiger partial charge in [-0.2, -0.15) is 0 Å². The summed E-state index contributed by atoms with van der Waals surface area (Å²) in [7, 11) is -1.58. The van der Waals surface area contributed by atoms with Gasteiger partial charge in [-0.05, 0) is 24.6 Å². The number of alkyl halides is 1. The zero-order chi connectivity index (χ0) is 13.5. The van der Waals surface area contributed by atoms with Crippen LogP contribution in [0.2, 0.25) is 18.1 Å². The Labute approximate surface area is 117 Å². The first-order chi connectivity index (χ1) is 7.70. The van der Waals surface area contributed by atoms with Crippen molar-refractivity contribution in [3.8, 4) is 11.8 Å². The first-order valence-electron chi connectivity index (χ1n) is 6.47. The van der Waals surface area contributed by atoms with Crippen LogP contribution in [-0.4, -0.2) is 19.8 Å². The van der Waals surface area contributed by atoms with Gasteiger partial charge in [0.2, 0.25) is 0 Å². The van der Waals surface area contributed by atoms with Crippen molar-refractivity contribution in [1.29, 1.82) is 0 Å². The quantitative estimate of drug-likeness (QED) is 0.301. The second-order valence-corrected chi connectivity index (χ2v) is 11.9. The second kappa shape index (κ2) is 7.61. The molecule has 0 aliphatic heterocycles. The van der Waals surface area contributed by atoms with E-state index in [0.717, 1.165) is 19.4 Å². The zero-order valence-electron chi connectivity index (χ0n) is 12.2. The summed E-state index contributed by atoms with van der Waals surface area (Å²) in [6, 6.07) is 0. The van der Waals surface area contributed by atoms with Gasteiger partial charge in [0.1, 0.15) is 0 Å². The van der Waals surface area contributed by atoms with E-state index < -0.39 is 8.32 Å². The fourth-order valence-corrected chi connectivity index (χ4v) is 2.75. The highest BCUT2D eigenvalue weighted by Gasteiger charge is 2.36. The molecule has 0 aromatic rings. The summed E-state index contributed by atoms with van der Waals surface area (Å²) in [4.78, 5) is 0.348. The molecule has 1 unspecified atom stereocenters. The van der Waals surface area contributed by atoms with Crippen molar-refractivity contribution in [2.75, 3.05) is 6.61 Å². The molecule has 0 saturated heterocycles. The molecule has 0 amide bonds. The lowest BCUT2D eigenvalue weighted by molar-refractivity contribution is 0.296. The molecule has 0 aromatic carbocycles. The summed E-state index contributed by atoms with van der Waals surface area (Å²) < 4.78 is 6.06. The fourth-order valence-electron chi connectivity index (χ4n) is 1.08. The predicted molar refractivity (Wildman–Crippen MR) is 83.2 cm³/mol. The Morgan fingerprint density at radius 2 is 1.88 bits per heavy atom. The van der Waals surface area contributed by atoms with Crippen molar-refractivity contribution in [1.82, 2.24) is 0 Å². The van der Waals surface area contributed by atoms with Crippen LogP contribution in [0.5, 0.6) is 0 Å². The van der Waals surface area contributed by atoms with Gasteiger partial charge in [0.25, 0.3) is 0 Å². The molecule has 0 aromatic heterocycles. The van der Waals surface area contributed by atoms with Gasteiger partial charge in [-0.25, -0.2) is 0 Å². The van der Waals surface area contributed by atoms with E-state index in [9.17, 15) is 0 Å². The molecule has 0 heterocycles. The van der Waals surface area contributed by atoms with Gasteiger partial charge in [-0.1, -0.05) is 61.9 Å². The second-order valence-electron chi connectivity index (χ2n) is 5.94. The zero-order valence-corrected chi connectivity index (χ0v) is 14.8. The molecule has 1 nitrogen and oxygen atoms in total. The highest BCUT2D eigenvalue weighted by Crippen LogP contribution is 2.36. The Kier molecular flexibility index (Phi) is 7.70. The van der Waals surface area contributed by atoms with Gasteiger partial charge in [0.15, 0.2) is 8.32 Å². The van der Waals surface area contributed by atoms with Crippen LogP contribution in [0.4, 0.5) is 0 Å². The third-order valence-corrected chi connectivity index (χ3v) is 8.52. The Morgan fingerprint density at radius 1 is 1.29 bits per heavy atom. The minimum absolute atomic E-state index is 0.292. The van der Waals surface area contributed by atoms with Crippen LogP contribution in [0.3, 0.4) is 0 Å². The predicted octanol–water partition coefficient (Wildman–Crippen LogP) is 4.97. The van der Waals surface area contributed by atoms with E-state index in [2.05, 4.69) is 68.6 Å². The molecule has 0 fully saturated rings. The van der Waals surface area contributed by atoms with Gasteiger partial charge in [0.05, 0.1) is 4.83 Å². The highest BCUT2D eigenvalue weighted by atomic mass is 79.9. The van der Waals surface area contributed by atoms with Crippen molar-refractivity contribution >= 4 is 24.2 Å². The minimum atomic E-state index is -1.58. The van der Waals surface area contributed by atoms with Crippen LogP contribution >= 0.6 is 15.9 Å². The molecule has 17 heavy (non-hydrogen) atoms. The lowest BCUT2D eigenvalue weighted by Gasteiger charge is -2.35. The van der Waals surface area contributed by atoms with E-state index in [1.165, 1.54) is 6.42 Å². The highest BCUT2D eigenvalue weighted by molar-refractivity contribution is 9.09. The molecular weight excluding hydrogens is 292 g/mol. The summed E-state index contributed by atoms with van der Waals surface area (Å²) in [5, 5.41) is 0.292. The average Bonchev–Trinajstić information content (AvgIpc) is 2.15. The van der Waals surface area contributed by atoms with Crippen molar-refractivity contribution in [2.45, 2.75) is 69.9 Å². The van der Waals surface area contributed by atoms with Gasteiger partial charge in [0, 0.05) is 13.0 Å². The summed E-state index contributed by atoms with van der Waals surface area (Å²) in [6.45, 7) is 14.3. The normalized spacial score (nSPS) is 14.1. The number of hydrogen-bond acceptors (Lipinski definition) is 1. The smallest absolute Gasteiger partial charge is 0.192 e. The molecule has 0 radical (unpaired) electrons. The van der Waals surface area contributed by atoms with E-state index in [-0.39, 0.29) is 0 Å². The Bertz CT molecular complexity index is 270. The molecule has 0 aliphatic carbocycles. The van der Waals surface area contributed by atoms with Crippen LogP contribution < -0.4 is 0 Å². The van der Waals surface area contributed by atoms with Gasteiger partial charge in [-0.3, -0.25) is 0 Å². The monoisotopic (exact) mass is 318 g/mol. The molecule has 1 atom stereocenters. The van der Waals surface area contributed by atoms with Crippen molar-refractivity contribution in [3.05, 3.63) is 0 Å². The largest absolute Gasteiger partial charge is 0.416 e. The maximum Gasteiger partial charge on any atom is 0.192 e. The fraction of sp³-hybridized carbons (Fsp3) is 0.857. The lowest BCUT2D eigenvalue weighted by atomic mass is 10.2. The van der Waals surface area contributed by atoms with E-state index in [1.54, 1.807) is 0 Å². The van der Waals surface area contributed by atoms with E-state index in [1.807, 2.05) is 0 Å². The third-order valence-electron chi connectivity index (χ3n) is 3.30. The van der Waals surface area contributed by atoms with Crippen LogP contribution in [0.25, 0.3) is 0 Å². The summed E-state index contributed by atoms with van der Waals surface area (Å²) in [5.74, 6) is 6.40. The average molecular weight is 319 g/mol. The number of rotatable bonds is 5. The minimum Gasteiger partial charge on any atom is -0.416 e. The van der Waals surface area contributed by atoms with Crippen LogP contribution in [-0.2, 0) is 4.43 Å². The maximum atomic E-state index is 6.06. The molecule has 3 heteroatoms. The van der Waals surface area contributed by atoms with E-state index in [0.29, 0.717) is 9.87 Å². The van der Waals surface area contributed by atoms with Crippen molar-refractivity contribution in [3.63, 3.8) is 0 Å². The Morgan fingerprint density at radius 3 is 2.35 bits per heavy atom. The van der Waals surface area contributed by atoms with Crippen LogP contribution in [0.15, 0.2) is 0 Å². The van der Waals surface area contributed by atoms with Gasteiger partial charge >= 0.3 is 0 Å². The van der Waals surface area contributed by atoms with Crippen molar-refractivity contribution in [2.24, 2.45) is 0 Å². The first kappa shape index (κ1) is 17.2. The SMILES string of the molecule is CCCC(Br)C#CCCO[Si](C)(C)C(C)(C)C. The molecule has 0 saturated carbocycles. The standard InChI is InChI=1S/C14H27BrOSi/c1-7-10-13(15)11-8-9-12-16-17(5,6)14(2,3)4/h13H,7,9-10,12H2,1-6H3. The summed E-state index contributed by atoms with van der Waals surface area (Å²) in [6.07, 6.45) is 3.14. The van der Waals surface area contributed by atoms with Gasteiger partial charge < -0.3 is 4.43 Å². The van der Waals surface area contributed by atoms with Gasteiger partial charge in [-0.15, -0.1) is 0 Å². The molecule has 0 rings (SSSR count). The Balaban J connectivity index is 3.93. The molecule has 0 spiro atoms. The third kappa shape index (κ3) is 7.28. The molecule has 100 valence electrons. The molecule has 0 bridgehead atoms. The van der Waals surface area contributed by atoms with Crippen molar-refractivity contribution < 1.29 is 4.43 Å². The first-order valence-corrected chi connectivity index (χ1v) is 10.3. The maximum absolute atomic E-state index is 6.06.